The molecule has 1 N–H and O–H groups in total. The molecule has 0 aromatic heterocycles. The molecule has 2 rings (SSSR count). The number of hydrogen-bond acceptors (Lipinski definition) is 2. The van der Waals surface area contributed by atoms with Crippen LogP contribution in [0.1, 0.15) is 42.5 Å². The summed E-state index contributed by atoms with van der Waals surface area (Å²) in [6.45, 7) is 0.646. The molecular weight excluding hydrogens is 274 g/mol. The lowest BCUT2D eigenvalue weighted by Crippen LogP contribution is -2.40. The minimum absolute atomic E-state index is 0.0669. The van der Waals surface area contributed by atoms with Gasteiger partial charge in [-0.2, -0.15) is 0 Å². The van der Waals surface area contributed by atoms with Gasteiger partial charge < -0.3 is 10.1 Å². The summed E-state index contributed by atoms with van der Waals surface area (Å²) in [5.41, 5.74) is 0.646. The van der Waals surface area contributed by atoms with Crippen LogP contribution in [0.15, 0.2) is 24.3 Å². The third-order valence-corrected chi connectivity index (χ3v) is 4.74. The molecule has 1 aromatic rings. The van der Waals surface area contributed by atoms with E-state index < -0.39 is 0 Å². The largest absolute Gasteiger partial charge is 0.496 e. The smallest absolute Gasteiger partial charge is 0.255 e. The van der Waals surface area contributed by atoms with E-state index in [1.807, 2.05) is 12.1 Å². The topological polar surface area (TPSA) is 38.3 Å². The summed E-state index contributed by atoms with van der Waals surface area (Å²) in [7, 11) is 1.58. The quantitative estimate of drug-likeness (QED) is 0.843. The maximum absolute atomic E-state index is 12.3. The predicted molar refractivity (Wildman–Crippen MR) is 81.6 cm³/mol. The molecular formula is C16H22ClNO2. The third-order valence-electron chi connectivity index (χ3n) is 4.17. The summed E-state index contributed by atoms with van der Waals surface area (Å²) < 4.78 is 5.22. The van der Waals surface area contributed by atoms with Crippen LogP contribution < -0.4 is 10.1 Å². The van der Waals surface area contributed by atoms with Crippen LogP contribution in [0.25, 0.3) is 0 Å². The number of nitrogens with one attached hydrogen (secondary N) is 1. The first kappa shape index (κ1) is 15.2. The van der Waals surface area contributed by atoms with Gasteiger partial charge in [-0.05, 0) is 25.0 Å². The summed E-state index contributed by atoms with van der Waals surface area (Å²) in [6.07, 6.45) is 5.89. The van der Waals surface area contributed by atoms with E-state index in [-0.39, 0.29) is 11.3 Å². The van der Waals surface area contributed by atoms with Crippen LogP contribution in [-0.2, 0) is 0 Å². The summed E-state index contributed by atoms with van der Waals surface area (Å²) in [5.74, 6) is 1.13. The normalized spacial score (nSPS) is 17.5. The lowest BCUT2D eigenvalue weighted by Gasteiger charge is -2.35. The number of ether oxygens (including phenoxy) is 1. The summed E-state index contributed by atoms with van der Waals surface area (Å²) in [5, 5.41) is 3.03. The maximum Gasteiger partial charge on any atom is 0.255 e. The molecule has 1 amide bonds. The first-order valence-corrected chi connectivity index (χ1v) is 7.71. The molecule has 0 atom stereocenters. The second-order valence-corrected chi connectivity index (χ2v) is 5.84. The molecule has 0 radical (unpaired) electrons. The van der Waals surface area contributed by atoms with E-state index in [9.17, 15) is 4.79 Å². The van der Waals surface area contributed by atoms with Gasteiger partial charge in [0.05, 0.1) is 12.7 Å². The molecule has 1 saturated carbocycles. The highest BCUT2D eigenvalue weighted by Crippen LogP contribution is 2.36. The van der Waals surface area contributed by atoms with Gasteiger partial charge in [0.2, 0.25) is 0 Å². The Bertz CT molecular complexity index is 456. The third kappa shape index (κ3) is 3.45. The monoisotopic (exact) mass is 295 g/mol. The van der Waals surface area contributed by atoms with Crippen LogP contribution in [-0.4, -0.2) is 25.4 Å². The number of carbonyl (C=O) groups excluding carboxylic acids is 1. The number of benzene rings is 1. The Balaban J connectivity index is 2.00. The number of hydrogen-bond donors (Lipinski definition) is 1. The highest BCUT2D eigenvalue weighted by atomic mass is 35.5. The van der Waals surface area contributed by atoms with Gasteiger partial charge in [-0.15, -0.1) is 11.6 Å². The molecule has 0 saturated heterocycles. The van der Waals surface area contributed by atoms with Crippen LogP contribution in [0.2, 0.25) is 0 Å². The van der Waals surface area contributed by atoms with Gasteiger partial charge in [-0.25, -0.2) is 0 Å². The molecule has 1 aromatic carbocycles. The van der Waals surface area contributed by atoms with Crippen molar-refractivity contribution in [1.82, 2.24) is 5.32 Å². The fourth-order valence-electron chi connectivity index (χ4n) is 2.85. The first-order chi connectivity index (χ1) is 9.71. The highest BCUT2D eigenvalue weighted by Gasteiger charge is 2.31. The van der Waals surface area contributed by atoms with Crippen molar-refractivity contribution in [3.05, 3.63) is 29.8 Å². The molecule has 4 heteroatoms. The lowest BCUT2D eigenvalue weighted by molar-refractivity contribution is 0.0918. The fourth-order valence-corrected chi connectivity index (χ4v) is 3.22. The Hall–Kier alpha value is -1.22. The van der Waals surface area contributed by atoms with E-state index in [0.717, 1.165) is 12.8 Å². The molecule has 1 aliphatic rings. The number of para-hydroxylation sites is 1. The highest BCUT2D eigenvalue weighted by molar-refractivity contribution is 6.18. The number of halogens is 1. The molecule has 3 nitrogen and oxygen atoms in total. The van der Waals surface area contributed by atoms with Crippen LogP contribution in [0.3, 0.4) is 0 Å². The minimum atomic E-state index is -0.0856. The minimum Gasteiger partial charge on any atom is -0.496 e. The van der Waals surface area contributed by atoms with E-state index in [4.69, 9.17) is 16.3 Å². The number of methoxy groups -OCH3 is 1. The number of carbonyl (C=O) groups is 1. The fraction of sp³-hybridized carbons (Fsp3) is 0.562. The van der Waals surface area contributed by atoms with E-state index in [2.05, 4.69) is 5.32 Å². The summed E-state index contributed by atoms with van der Waals surface area (Å²) >= 11 is 6.15. The lowest BCUT2D eigenvalue weighted by atomic mass is 9.75. The van der Waals surface area contributed by atoms with Crippen molar-refractivity contribution < 1.29 is 9.53 Å². The molecule has 0 aliphatic heterocycles. The zero-order chi connectivity index (χ0) is 14.4. The molecule has 0 bridgehead atoms. The molecule has 20 heavy (non-hydrogen) atoms. The molecule has 110 valence electrons. The zero-order valence-electron chi connectivity index (χ0n) is 12.0. The van der Waals surface area contributed by atoms with Gasteiger partial charge in [0.15, 0.2) is 0 Å². The number of rotatable bonds is 5. The van der Waals surface area contributed by atoms with Gasteiger partial charge in [0, 0.05) is 17.8 Å². The number of alkyl halides is 1. The molecule has 0 unspecified atom stereocenters. The predicted octanol–water partition coefficient (Wildman–Crippen LogP) is 3.61. The van der Waals surface area contributed by atoms with Gasteiger partial charge in [0.25, 0.3) is 5.91 Å². The van der Waals surface area contributed by atoms with Gasteiger partial charge in [-0.1, -0.05) is 31.4 Å². The second-order valence-electron chi connectivity index (χ2n) is 5.58. The van der Waals surface area contributed by atoms with Crippen molar-refractivity contribution in [2.45, 2.75) is 32.1 Å². The Labute approximate surface area is 125 Å². The first-order valence-electron chi connectivity index (χ1n) is 7.18. The van der Waals surface area contributed by atoms with Gasteiger partial charge in [0.1, 0.15) is 5.75 Å². The van der Waals surface area contributed by atoms with Crippen molar-refractivity contribution >= 4 is 17.5 Å². The SMILES string of the molecule is COc1ccccc1C(=O)NCC1(CCl)CCCCC1. The van der Waals surface area contributed by atoms with E-state index in [1.54, 1.807) is 19.2 Å². The van der Waals surface area contributed by atoms with Gasteiger partial charge >= 0.3 is 0 Å². The Morgan fingerprint density at radius 2 is 2.00 bits per heavy atom. The van der Waals surface area contributed by atoms with E-state index >= 15 is 0 Å². The van der Waals surface area contributed by atoms with Crippen molar-refractivity contribution in [3.8, 4) is 5.75 Å². The van der Waals surface area contributed by atoms with Crippen LogP contribution in [0.4, 0.5) is 0 Å². The average molecular weight is 296 g/mol. The Morgan fingerprint density at radius 1 is 1.30 bits per heavy atom. The second kappa shape index (κ2) is 6.98. The zero-order valence-corrected chi connectivity index (χ0v) is 12.7. The summed E-state index contributed by atoms with van der Waals surface area (Å²) in [6, 6.07) is 7.28. The Morgan fingerprint density at radius 3 is 2.65 bits per heavy atom. The van der Waals surface area contributed by atoms with Crippen LogP contribution in [0.5, 0.6) is 5.75 Å². The van der Waals surface area contributed by atoms with E-state index in [0.29, 0.717) is 23.7 Å². The van der Waals surface area contributed by atoms with E-state index in [1.165, 1.54) is 19.3 Å². The molecule has 0 heterocycles. The number of amides is 1. The average Bonchev–Trinajstić information content (AvgIpc) is 2.53. The Kier molecular flexibility index (Phi) is 5.30. The van der Waals surface area contributed by atoms with Crippen molar-refractivity contribution in [1.29, 1.82) is 0 Å². The molecule has 1 aliphatic carbocycles. The molecule has 0 spiro atoms. The van der Waals surface area contributed by atoms with Gasteiger partial charge in [-0.3, -0.25) is 4.79 Å². The van der Waals surface area contributed by atoms with Crippen molar-refractivity contribution in [2.75, 3.05) is 19.5 Å². The van der Waals surface area contributed by atoms with Crippen LogP contribution >= 0.6 is 11.6 Å². The maximum atomic E-state index is 12.3. The van der Waals surface area contributed by atoms with Crippen molar-refractivity contribution in [3.63, 3.8) is 0 Å². The standard InChI is InChI=1S/C16H22ClNO2/c1-20-14-8-4-3-7-13(14)15(19)18-12-16(11-17)9-5-2-6-10-16/h3-4,7-8H,2,5-6,9-12H2,1H3,(H,18,19). The van der Waals surface area contributed by atoms with Crippen molar-refractivity contribution in [2.24, 2.45) is 5.41 Å². The molecule has 1 fully saturated rings. The van der Waals surface area contributed by atoms with Crippen LogP contribution in [0, 0.1) is 5.41 Å². The summed E-state index contributed by atoms with van der Waals surface area (Å²) in [4.78, 5) is 12.3.